The van der Waals surface area contributed by atoms with Crippen LogP contribution in [0.15, 0.2) is 34.2 Å². The normalized spacial score (nSPS) is 12.2. The lowest BCUT2D eigenvalue weighted by molar-refractivity contribution is 0.195. The van der Waals surface area contributed by atoms with E-state index < -0.39 is 10.0 Å². The highest BCUT2D eigenvalue weighted by molar-refractivity contribution is 7.89. The molecule has 0 saturated carbocycles. The molecule has 4 N–H and O–H groups in total. The third-order valence-corrected chi connectivity index (χ3v) is 3.64. The summed E-state index contributed by atoms with van der Waals surface area (Å²) in [5.41, 5.74) is 0.807. The first-order chi connectivity index (χ1) is 9.97. The average molecular weight is 314 g/mol. The number of sulfonamides is 1. The molecular weight excluding hydrogens is 292 g/mol. The molecule has 0 radical (unpaired) electrons. The number of nitrogens with zero attached hydrogens (tertiary/aromatic N) is 1. The minimum atomic E-state index is -3.68. The topological polar surface area (TPSA) is 106 Å². The number of primary sulfonamides is 1. The number of aliphatic imine (C=N–C) groups is 1. The summed E-state index contributed by atoms with van der Waals surface area (Å²) >= 11 is 0. The Morgan fingerprint density at radius 3 is 2.76 bits per heavy atom. The molecule has 0 bridgehead atoms. The van der Waals surface area contributed by atoms with Crippen LogP contribution in [0.2, 0.25) is 0 Å². The molecule has 0 aliphatic carbocycles. The van der Waals surface area contributed by atoms with Crippen LogP contribution in [-0.2, 0) is 21.3 Å². The Balaban J connectivity index is 2.54. The van der Waals surface area contributed by atoms with Gasteiger partial charge >= 0.3 is 0 Å². The van der Waals surface area contributed by atoms with Crippen LogP contribution in [0.4, 0.5) is 0 Å². The van der Waals surface area contributed by atoms with E-state index in [1.54, 1.807) is 26.3 Å². The van der Waals surface area contributed by atoms with Crippen LogP contribution in [0.25, 0.3) is 0 Å². The molecule has 8 heteroatoms. The molecule has 0 aliphatic heterocycles. The second-order valence-electron chi connectivity index (χ2n) is 4.39. The van der Waals surface area contributed by atoms with E-state index in [2.05, 4.69) is 15.6 Å². The first-order valence-corrected chi connectivity index (χ1v) is 8.07. The van der Waals surface area contributed by atoms with Gasteiger partial charge in [0.2, 0.25) is 10.0 Å². The zero-order valence-electron chi connectivity index (χ0n) is 12.3. The van der Waals surface area contributed by atoms with Crippen LogP contribution >= 0.6 is 0 Å². The number of guanidine groups is 1. The summed E-state index contributed by atoms with van der Waals surface area (Å²) in [6.07, 6.45) is 0.873. The highest BCUT2D eigenvalue weighted by atomic mass is 32.2. The molecule has 1 rings (SSSR count). The van der Waals surface area contributed by atoms with E-state index in [9.17, 15) is 8.42 Å². The molecule has 0 heterocycles. The monoisotopic (exact) mass is 314 g/mol. The van der Waals surface area contributed by atoms with Crippen molar-refractivity contribution in [1.29, 1.82) is 0 Å². The van der Waals surface area contributed by atoms with E-state index in [0.717, 1.165) is 18.5 Å². The van der Waals surface area contributed by atoms with Crippen LogP contribution in [-0.4, -0.2) is 41.7 Å². The van der Waals surface area contributed by atoms with Gasteiger partial charge in [0.1, 0.15) is 0 Å². The number of rotatable bonds is 7. The summed E-state index contributed by atoms with van der Waals surface area (Å²) < 4.78 is 27.5. The second kappa shape index (κ2) is 8.60. The van der Waals surface area contributed by atoms with Crippen LogP contribution in [0, 0.1) is 0 Å². The first-order valence-electron chi connectivity index (χ1n) is 6.52. The van der Waals surface area contributed by atoms with Crippen molar-refractivity contribution in [2.75, 3.05) is 27.3 Å². The van der Waals surface area contributed by atoms with Crippen molar-refractivity contribution in [2.45, 2.75) is 17.9 Å². The molecule has 0 spiro atoms. The van der Waals surface area contributed by atoms with Gasteiger partial charge < -0.3 is 15.4 Å². The first kappa shape index (κ1) is 17.4. The van der Waals surface area contributed by atoms with Crippen molar-refractivity contribution in [2.24, 2.45) is 10.1 Å². The summed E-state index contributed by atoms with van der Waals surface area (Å²) in [6, 6.07) is 6.49. The van der Waals surface area contributed by atoms with Gasteiger partial charge in [-0.1, -0.05) is 12.1 Å². The molecule has 1 aromatic rings. The number of nitrogens with two attached hydrogens (primary N) is 1. The number of methoxy groups -OCH3 is 1. The minimum absolute atomic E-state index is 0.102. The van der Waals surface area contributed by atoms with Gasteiger partial charge in [0.25, 0.3) is 0 Å². The largest absolute Gasteiger partial charge is 0.385 e. The Morgan fingerprint density at radius 1 is 1.38 bits per heavy atom. The SMILES string of the molecule is CN=C(NCCCOC)NCc1cccc(S(N)(=O)=O)c1. The molecule has 1 aromatic carbocycles. The fourth-order valence-electron chi connectivity index (χ4n) is 1.66. The maximum absolute atomic E-state index is 11.3. The van der Waals surface area contributed by atoms with Gasteiger partial charge in [-0.3, -0.25) is 4.99 Å². The lowest BCUT2D eigenvalue weighted by atomic mass is 10.2. The van der Waals surface area contributed by atoms with Gasteiger partial charge in [0, 0.05) is 33.9 Å². The molecule has 7 nitrogen and oxygen atoms in total. The Bertz CT molecular complexity index is 573. The van der Waals surface area contributed by atoms with E-state index in [4.69, 9.17) is 9.88 Å². The Kier molecular flexibility index (Phi) is 7.13. The number of ether oxygens (including phenoxy) is 1. The van der Waals surface area contributed by atoms with Gasteiger partial charge in [-0.15, -0.1) is 0 Å². The maximum Gasteiger partial charge on any atom is 0.238 e. The second-order valence-corrected chi connectivity index (χ2v) is 5.95. The average Bonchev–Trinajstić information content (AvgIpc) is 2.46. The van der Waals surface area contributed by atoms with E-state index in [1.807, 2.05) is 6.07 Å². The van der Waals surface area contributed by atoms with Crippen molar-refractivity contribution in [3.63, 3.8) is 0 Å². The fraction of sp³-hybridized carbons (Fsp3) is 0.462. The molecule has 0 aromatic heterocycles. The minimum Gasteiger partial charge on any atom is -0.385 e. The molecule has 0 fully saturated rings. The number of nitrogens with one attached hydrogen (secondary N) is 2. The van der Waals surface area contributed by atoms with Crippen LogP contribution in [0.5, 0.6) is 0 Å². The van der Waals surface area contributed by atoms with E-state index in [-0.39, 0.29) is 4.90 Å². The zero-order valence-corrected chi connectivity index (χ0v) is 13.1. The number of benzene rings is 1. The molecule has 0 amide bonds. The van der Waals surface area contributed by atoms with Gasteiger partial charge in [-0.05, 0) is 24.1 Å². The van der Waals surface area contributed by atoms with Crippen LogP contribution in [0.1, 0.15) is 12.0 Å². The zero-order chi connectivity index (χ0) is 15.7. The summed E-state index contributed by atoms with van der Waals surface area (Å²) in [7, 11) is -0.346. The smallest absolute Gasteiger partial charge is 0.238 e. The molecule has 0 atom stereocenters. The third-order valence-electron chi connectivity index (χ3n) is 2.73. The quantitative estimate of drug-likeness (QED) is 0.374. The van der Waals surface area contributed by atoms with Gasteiger partial charge in [0.05, 0.1) is 4.90 Å². The molecule has 0 aliphatic rings. The van der Waals surface area contributed by atoms with Gasteiger partial charge in [-0.25, -0.2) is 13.6 Å². The molecule has 0 unspecified atom stereocenters. The van der Waals surface area contributed by atoms with Crippen LogP contribution in [0.3, 0.4) is 0 Å². The van der Waals surface area contributed by atoms with Crippen LogP contribution < -0.4 is 15.8 Å². The summed E-state index contributed by atoms with van der Waals surface area (Å²) in [5, 5.41) is 11.3. The van der Waals surface area contributed by atoms with Gasteiger partial charge in [0.15, 0.2) is 5.96 Å². The standard InChI is InChI=1S/C13H22N4O3S/c1-15-13(16-7-4-8-20-2)17-10-11-5-3-6-12(9-11)21(14,18)19/h3,5-6,9H,4,7-8,10H2,1-2H3,(H2,14,18,19)(H2,15,16,17). The fourth-order valence-corrected chi connectivity index (χ4v) is 2.25. The number of hydrogen-bond acceptors (Lipinski definition) is 4. The van der Waals surface area contributed by atoms with E-state index >= 15 is 0 Å². The van der Waals surface area contributed by atoms with Crippen molar-refractivity contribution < 1.29 is 13.2 Å². The summed E-state index contributed by atoms with van der Waals surface area (Å²) in [6.45, 7) is 1.87. The summed E-state index contributed by atoms with van der Waals surface area (Å²) in [4.78, 5) is 4.18. The molecule has 0 saturated heterocycles. The Morgan fingerprint density at radius 2 is 2.14 bits per heavy atom. The predicted molar refractivity (Wildman–Crippen MR) is 82.5 cm³/mol. The lowest BCUT2D eigenvalue weighted by Crippen LogP contribution is -2.37. The molecule has 118 valence electrons. The maximum atomic E-state index is 11.3. The summed E-state index contributed by atoms with van der Waals surface area (Å²) in [5.74, 6) is 0.645. The third kappa shape index (κ3) is 6.56. The van der Waals surface area contributed by atoms with Crippen molar-refractivity contribution in [3.05, 3.63) is 29.8 Å². The van der Waals surface area contributed by atoms with Crippen molar-refractivity contribution >= 4 is 16.0 Å². The molecular formula is C13H22N4O3S. The lowest BCUT2D eigenvalue weighted by Gasteiger charge is -2.12. The highest BCUT2D eigenvalue weighted by Crippen LogP contribution is 2.09. The van der Waals surface area contributed by atoms with Gasteiger partial charge in [-0.2, -0.15) is 0 Å². The predicted octanol–water partition coefficient (Wildman–Crippen LogP) is 0.0355. The highest BCUT2D eigenvalue weighted by Gasteiger charge is 2.08. The molecule has 21 heavy (non-hydrogen) atoms. The van der Waals surface area contributed by atoms with Crippen molar-refractivity contribution in [1.82, 2.24) is 10.6 Å². The number of hydrogen-bond donors (Lipinski definition) is 3. The van der Waals surface area contributed by atoms with E-state index in [0.29, 0.717) is 19.1 Å². The Hall–Kier alpha value is -1.64. The van der Waals surface area contributed by atoms with E-state index in [1.165, 1.54) is 6.07 Å². The Labute approximate surface area is 125 Å². The van der Waals surface area contributed by atoms with Crippen molar-refractivity contribution in [3.8, 4) is 0 Å².